The molecule has 0 N–H and O–H groups in total. The second kappa shape index (κ2) is 7.28. The van der Waals surface area contributed by atoms with E-state index in [1.165, 1.54) is 33.4 Å². The molecule has 0 saturated heterocycles. The SMILES string of the molecule is CC(C)(C)c1ccc(-c2cccc(Br)c2-c2ccc(C(C)(C)C)cc2)cc1. The number of hydrogen-bond donors (Lipinski definition) is 0. The van der Waals surface area contributed by atoms with E-state index in [4.69, 9.17) is 0 Å². The average molecular weight is 421 g/mol. The lowest BCUT2D eigenvalue weighted by molar-refractivity contribution is 0.590. The first-order valence-corrected chi connectivity index (χ1v) is 10.4. The Hall–Kier alpha value is -1.86. The predicted molar refractivity (Wildman–Crippen MR) is 122 cm³/mol. The summed E-state index contributed by atoms with van der Waals surface area (Å²) in [6.07, 6.45) is 0. The Morgan fingerprint density at radius 1 is 0.556 bits per heavy atom. The Morgan fingerprint density at radius 2 is 1.00 bits per heavy atom. The van der Waals surface area contributed by atoms with Crippen molar-refractivity contribution in [2.24, 2.45) is 0 Å². The maximum Gasteiger partial charge on any atom is 0.0259 e. The quantitative estimate of drug-likeness (QED) is 0.390. The van der Waals surface area contributed by atoms with E-state index in [2.05, 4.69) is 124 Å². The van der Waals surface area contributed by atoms with E-state index in [9.17, 15) is 0 Å². The van der Waals surface area contributed by atoms with Crippen molar-refractivity contribution in [3.05, 3.63) is 82.3 Å². The molecule has 0 spiro atoms. The first-order chi connectivity index (χ1) is 12.6. The van der Waals surface area contributed by atoms with Crippen molar-refractivity contribution in [2.45, 2.75) is 52.4 Å². The molecule has 0 heterocycles. The van der Waals surface area contributed by atoms with Crippen LogP contribution in [-0.2, 0) is 10.8 Å². The second-order valence-electron chi connectivity index (χ2n) is 9.32. The third-order valence-electron chi connectivity index (χ3n) is 5.12. The van der Waals surface area contributed by atoms with Gasteiger partial charge in [0.15, 0.2) is 0 Å². The molecule has 3 rings (SSSR count). The van der Waals surface area contributed by atoms with Gasteiger partial charge in [0.1, 0.15) is 0 Å². The largest absolute Gasteiger partial charge is 0.0605 e. The molecule has 3 aromatic rings. The van der Waals surface area contributed by atoms with E-state index < -0.39 is 0 Å². The fourth-order valence-electron chi connectivity index (χ4n) is 3.34. The third kappa shape index (κ3) is 4.35. The summed E-state index contributed by atoms with van der Waals surface area (Å²) in [5.74, 6) is 0. The highest BCUT2D eigenvalue weighted by Crippen LogP contribution is 2.39. The van der Waals surface area contributed by atoms with Crippen LogP contribution in [0.2, 0.25) is 0 Å². The van der Waals surface area contributed by atoms with Gasteiger partial charge in [0.05, 0.1) is 0 Å². The first kappa shape index (κ1) is 19.9. The van der Waals surface area contributed by atoms with E-state index in [0.29, 0.717) is 0 Å². The van der Waals surface area contributed by atoms with Gasteiger partial charge in [-0.05, 0) is 44.7 Å². The van der Waals surface area contributed by atoms with Crippen molar-refractivity contribution in [2.75, 3.05) is 0 Å². The van der Waals surface area contributed by atoms with Crippen LogP contribution in [0.1, 0.15) is 52.7 Å². The summed E-state index contributed by atoms with van der Waals surface area (Å²) in [7, 11) is 0. The number of benzene rings is 3. The van der Waals surface area contributed by atoms with Crippen LogP contribution in [0.15, 0.2) is 71.2 Å². The molecule has 3 aromatic carbocycles. The predicted octanol–water partition coefficient (Wildman–Crippen LogP) is 8.38. The highest BCUT2D eigenvalue weighted by atomic mass is 79.9. The molecule has 0 fully saturated rings. The molecule has 0 saturated carbocycles. The summed E-state index contributed by atoms with van der Waals surface area (Å²) >= 11 is 3.79. The molecular formula is C26H29Br. The van der Waals surface area contributed by atoms with E-state index >= 15 is 0 Å². The van der Waals surface area contributed by atoms with Gasteiger partial charge in [-0.1, -0.05) is 118 Å². The molecule has 0 atom stereocenters. The van der Waals surface area contributed by atoms with E-state index in [0.717, 1.165) is 4.47 Å². The van der Waals surface area contributed by atoms with Gasteiger partial charge in [0.25, 0.3) is 0 Å². The topological polar surface area (TPSA) is 0 Å². The monoisotopic (exact) mass is 420 g/mol. The fraction of sp³-hybridized carbons (Fsp3) is 0.308. The van der Waals surface area contributed by atoms with Crippen LogP contribution in [0.5, 0.6) is 0 Å². The molecule has 27 heavy (non-hydrogen) atoms. The number of halogens is 1. The minimum Gasteiger partial charge on any atom is -0.0605 e. The first-order valence-electron chi connectivity index (χ1n) is 9.58. The molecule has 0 amide bonds. The molecule has 1 heteroatoms. The second-order valence-corrected chi connectivity index (χ2v) is 10.2. The van der Waals surface area contributed by atoms with Crippen LogP contribution < -0.4 is 0 Å². The molecule has 0 aromatic heterocycles. The van der Waals surface area contributed by atoms with Gasteiger partial charge in [-0.15, -0.1) is 0 Å². The summed E-state index contributed by atoms with van der Waals surface area (Å²) in [6.45, 7) is 13.5. The van der Waals surface area contributed by atoms with Crippen LogP contribution in [0.25, 0.3) is 22.3 Å². The molecule has 0 nitrogen and oxygen atoms in total. The Labute approximate surface area is 172 Å². The van der Waals surface area contributed by atoms with Crippen molar-refractivity contribution in [1.82, 2.24) is 0 Å². The van der Waals surface area contributed by atoms with Crippen molar-refractivity contribution >= 4 is 15.9 Å². The minimum absolute atomic E-state index is 0.165. The molecule has 0 unspecified atom stereocenters. The Balaban J connectivity index is 2.08. The van der Waals surface area contributed by atoms with Crippen molar-refractivity contribution in [3.8, 4) is 22.3 Å². The van der Waals surface area contributed by atoms with Gasteiger partial charge in [-0.3, -0.25) is 0 Å². The molecular weight excluding hydrogens is 392 g/mol. The Bertz CT molecular complexity index is 918. The summed E-state index contributed by atoms with van der Waals surface area (Å²) < 4.78 is 1.13. The Kier molecular flexibility index (Phi) is 5.36. The smallest absolute Gasteiger partial charge is 0.0259 e. The Morgan fingerprint density at radius 3 is 1.44 bits per heavy atom. The van der Waals surface area contributed by atoms with Crippen LogP contribution in [-0.4, -0.2) is 0 Å². The van der Waals surface area contributed by atoms with Crippen molar-refractivity contribution < 1.29 is 0 Å². The lowest BCUT2D eigenvalue weighted by Crippen LogP contribution is -2.10. The lowest BCUT2D eigenvalue weighted by atomic mass is 9.84. The van der Waals surface area contributed by atoms with Gasteiger partial charge < -0.3 is 0 Å². The standard InChI is InChI=1S/C26H29Br/c1-25(2,3)20-14-10-18(11-15-20)22-8-7-9-23(27)24(22)19-12-16-21(17-13-19)26(4,5)6/h7-17H,1-6H3. The van der Waals surface area contributed by atoms with Crippen molar-refractivity contribution in [1.29, 1.82) is 0 Å². The minimum atomic E-state index is 0.165. The average Bonchev–Trinajstić information content (AvgIpc) is 2.60. The molecule has 0 radical (unpaired) electrons. The van der Waals surface area contributed by atoms with E-state index in [1.807, 2.05) is 0 Å². The molecule has 140 valence electrons. The van der Waals surface area contributed by atoms with Gasteiger partial charge in [-0.25, -0.2) is 0 Å². The normalized spacial score (nSPS) is 12.3. The van der Waals surface area contributed by atoms with Crippen LogP contribution >= 0.6 is 15.9 Å². The lowest BCUT2D eigenvalue weighted by Gasteiger charge is -2.21. The maximum atomic E-state index is 3.79. The van der Waals surface area contributed by atoms with Gasteiger partial charge in [-0.2, -0.15) is 0 Å². The highest BCUT2D eigenvalue weighted by molar-refractivity contribution is 9.10. The summed E-state index contributed by atoms with van der Waals surface area (Å²) in [5.41, 5.74) is 8.05. The van der Waals surface area contributed by atoms with Crippen molar-refractivity contribution in [3.63, 3.8) is 0 Å². The zero-order valence-electron chi connectivity index (χ0n) is 17.2. The zero-order valence-corrected chi connectivity index (χ0v) is 18.8. The summed E-state index contributed by atoms with van der Waals surface area (Å²) in [4.78, 5) is 0. The molecule has 0 aliphatic heterocycles. The van der Waals surface area contributed by atoms with Gasteiger partial charge >= 0.3 is 0 Å². The number of hydrogen-bond acceptors (Lipinski definition) is 0. The van der Waals surface area contributed by atoms with Gasteiger partial charge in [0.2, 0.25) is 0 Å². The number of rotatable bonds is 2. The summed E-state index contributed by atoms with van der Waals surface area (Å²) in [6, 6.07) is 24.4. The third-order valence-corrected chi connectivity index (χ3v) is 5.78. The van der Waals surface area contributed by atoms with Crippen LogP contribution in [0.4, 0.5) is 0 Å². The summed E-state index contributed by atoms with van der Waals surface area (Å²) in [5, 5.41) is 0. The van der Waals surface area contributed by atoms with Crippen LogP contribution in [0, 0.1) is 0 Å². The van der Waals surface area contributed by atoms with E-state index in [1.54, 1.807) is 0 Å². The molecule has 0 bridgehead atoms. The molecule has 0 aliphatic carbocycles. The maximum absolute atomic E-state index is 3.79. The highest BCUT2D eigenvalue weighted by Gasteiger charge is 2.17. The van der Waals surface area contributed by atoms with Gasteiger partial charge in [0, 0.05) is 10.0 Å². The van der Waals surface area contributed by atoms with Crippen LogP contribution in [0.3, 0.4) is 0 Å². The van der Waals surface area contributed by atoms with E-state index in [-0.39, 0.29) is 10.8 Å². The molecule has 0 aliphatic rings. The fourth-order valence-corrected chi connectivity index (χ4v) is 3.94. The zero-order chi connectivity index (χ0) is 19.8.